The van der Waals surface area contributed by atoms with Crippen molar-refractivity contribution in [2.75, 3.05) is 13.7 Å². The number of halogens is 1. The van der Waals surface area contributed by atoms with Gasteiger partial charge < -0.3 is 10.1 Å². The van der Waals surface area contributed by atoms with E-state index in [1.807, 2.05) is 25.2 Å². The SMILES string of the molecule is CNC(c1cncc(F)c1)C1CCOc2ccccc21. The number of nitrogens with one attached hydrogen (secondary N) is 1. The number of benzene rings is 1. The van der Waals surface area contributed by atoms with E-state index in [0.29, 0.717) is 6.61 Å². The van der Waals surface area contributed by atoms with Crippen molar-refractivity contribution in [3.05, 3.63) is 59.7 Å². The lowest BCUT2D eigenvalue weighted by molar-refractivity contribution is 0.248. The zero-order chi connectivity index (χ0) is 13.9. The van der Waals surface area contributed by atoms with Crippen LogP contribution in [-0.2, 0) is 0 Å². The minimum atomic E-state index is -0.303. The standard InChI is InChI=1S/C16H17FN2O/c1-18-16(11-8-12(17)10-19-9-11)14-6-7-20-15-5-3-2-4-13(14)15/h2-5,8-10,14,16,18H,6-7H2,1H3. The highest BCUT2D eigenvalue weighted by Crippen LogP contribution is 2.40. The molecule has 3 rings (SSSR count). The van der Waals surface area contributed by atoms with Crippen molar-refractivity contribution in [1.82, 2.24) is 10.3 Å². The average Bonchev–Trinajstić information content (AvgIpc) is 2.48. The van der Waals surface area contributed by atoms with Gasteiger partial charge in [0.15, 0.2) is 0 Å². The van der Waals surface area contributed by atoms with Crippen LogP contribution in [0.1, 0.15) is 29.5 Å². The summed E-state index contributed by atoms with van der Waals surface area (Å²) in [5.41, 5.74) is 2.04. The molecule has 20 heavy (non-hydrogen) atoms. The second-order valence-corrected chi connectivity index (χ2v) is 4.98. The van der Waals surface area contributed by atoms with E-state index in [2.05, 4.69) is 16.4 Å². The van der Waals surface area contributed by atoms with Crippen molar-refractivity contribution >= 4 is 0 Å². The van der Waals surface area contributed by atoms with Crippen LogP contribution in [0.2, 0.25) is 0 Å². The van der Waals surface area contributed by atoms with Gasteiger partial charge in [0.1, 0.15) is 11.6 Å². The van der Waals surface area contributed by atoms with Crippen LogP contribution in [0.3, 0.4) is 0 Å². The molecule has 0 saturated carbocycles. The molecule has 2 unspecified atom stereocenters. The minimum absolute atomic E-state index is 0.0308. The smallest absolute Gasteiger partial charge is 0.141 e. The van der Waals surface area contributed by atoms with E-state index in [0.717, 1.165) is 17.7 Å². The molecular formula is C16H17FN2O. The van der Waals surface area contributed by atoms with Gasteiger partial charge in [0.25, 0.3) is 0 Å². The van der Waals surface area contributed by atoms with E-state index >= 15 is 0 Å². The first-order chi connectivity index (χ1) is 9.79. The molecule has 2 heterocycles. The van der Waals surface area contributed by atoms with Crippen LogP contribution in [0.15, 0.2) is 42.7 Å². The number of aromatic nitrogens is 1. The van der Waals surface area contributed by atoms with E-state index in [1.54, 1.807) is 12.3 Å². The third-order valence-electron chi connectivity index (χ3n) is 3.80. The van der Waals surface area contributed by atoms with E-state index in [1.165, 1.54) is 11.8 Å². The number of rotatable bonds is 3. The highest BCUT2D eigenvalue weighted by Gasteiger charge is 2.29. The largest absolute Gasteiger partial charge is 0.493 e. The van der Waals surface area contributed by atoms with Gasteiger partial charge in [-0.3, -0.25) is 4.98 Å². The summed E-state index contributed by atoms with van der Waals surface area (Å²) in [6, 6.07) is 9.62. The molecule has 0 radical (unpaired) electrons. The molecule has 1 aliphatic heterocycles. The Morgan fingerprint density at radius 2 is 2.20 bits per heavy atom. The first kappa shape index (κ1) is 13.1. The Kier molecular flexibility index (Phi) is 3.65. The highest BCUT2D eigenvalue weighted by molar-refractivity contribution is 5.40. The van der Waals surface area contributed by atoms with Crippen LogP contribution in [-0.4, -0.2) is 18.6 Å². The molecule has 0 amide bonds. The number of pyridine rings is 1. The number of hydrogen-bond donors (Lipinski definition) is 1. The zero-order valence-corrected chi connectivity index (χ0v) is 11.3. The van der Waals surface area contributed by atoms with Crippen molar-refractivity contribution in [1.29, 1.82) is 0 Å². The molecule has 1 aromatic carbocycles. The lowest BCUT2D eigenvalue weighted by atomic mass is 9.83. The molecule has 1 N–H and O–H groups in total. The number of likely N-dealkylation sites (N-methyl/N-ethyl adjacent to an activating group) is 1. The third kappa shape index (κ3) is 2.39. The second kappa shape index (κ2) is 5.59. The van der Waals surface area contributed by atoms with Crippen LogP contribution in [0.5, 0.6) is 5.75 Å². The van der Waals surface area contributed by atoms with Crippen LogP contribution in [0, 0.1) is 5.82 Å². The Morgan fingerprint density at radius 3 is 3.00 bits per heavy atom. The van der Waals surface area contributed by atoms with Crippen molar-refractivity contribution in [3.8, 4) is 5.75 Å². The lowest BCUT2D eigenvalue weighted by Crippen LogP contribution is -2.28. The van der Waals surface area contributed by atoms with E-state index in [-0.39, 0.29) is 17.8 Å². The summed E-state index contributed by atoms with van der Waals surface area (Å²) in [6.07, 6.45) is 3.86. The average molecular weight is 272 g/mol. The van der Waals surface area contributed by atoms with Crippen molar-refractivity contribution in [3.63, 3.8) is 0 Å². The van der Waals surface area contributed by atoms with Crippen molar-refractivity contribution in [2.24, 2.45) is 0 Å². The van der Waals surface area contributed by atoms with E-state index in [4.69, 9.17) is 4.74 Å². The molecule has 104 valence electrons. The fourth-order valence-corrected chi connectivity index (χ4v) is 2.91. The number of fused-ring (bicyclic) bond motifs is 1. The summed E-state index contributed by atoms with van der Waals surface area (Å²) < 4.78 is 19.1. The molecule has 3 nitrogen and oxygen atoms in total. The van der Waals surface area contributed by atoms with Gasteiger partial charge in [0.2, 0.25) is 0 Å². The molecule has 0 bridgehead atoms. The summed E-state index contributed by atoms with van der Waals surface area (Å²) in [4.78, 5) is 3.96. The van der Waals surface area contributed by atoms with Crippen LogP contribution < -0.4 is 10.1 Å². The topological polar surface area (TPSA) is 34.2 Å². The van der Waals surface area contributed by atoms with Gasteiger partial charge >= 0.3 is 0 Å². The predicted molar refractivity (Wildman–Crippen MR) is 75.3 cm³/mol. The maximum absolute atomic E-state index is 13.4. The van der Waals surface area contributed by atoms with Gasteiger partial charge in [-0.1, -0.05) is 18.2 Å². The highest BCUT2D eigenvalue weighted by atomic mass is 19.1. The molecule has 1 aromatic heterocycles. The minimum Gasteiger partial charge on any atom is -0.493 e. The van der Waals surface area contributed by atoms with Gasteiger partial charge in [0, 0.05) is 18.2 Å². The van der Waals surface area contributed by atoms with Crippen LogP contribution >= 0.6 is 0 Å². The van der Waals surface area contributed by atoms with E-state index < -0.39 is 0 Å². The first-order valence-electron chi connectivity index (χ1n) is 6.79. The number of ether oxygens (including phenoxy) is 1. The van der Waals surface area contributed by atoms with Gasteiger partial charge in [-0.15, -0.1) is 0 Å². The molecule has 2 atom stereocenters. The molecule has 0 saturated heterocycles. The molecule has 2 aromatic rings. The van der Waals surface area contributed by atoms with Gasteiger partial charge in [-0.05, 0) is 36.7 Å². The number of nitrogens with zero attached hydrogens (tertiary/aromatic N) is 1. The first-order valence-corrected chi connectivity index (χ1v) is 6.79. The zero-order valence-electron chi connectivity index (χ0n) is 11.3. The van der Waals surface area contributed by atoms with Crippen molar-refractivity contribution in [2.45, 2.75) is 18.4 Å². The van der Waals surface area contributed by atoms with Gasteiger partial charge in [0.05, 0.1) is 12.8 Å². The fourth-order valence-electron chi connectivity index (χ4n) is 2.91. The Bertz CT molecular complexity index is 603. The summed E-state index contributed by atoms with van der Waals surface area (Å²) in [6.45, 7) is 0.683. The monoisotopic (exact) mass is 272 g/mol. The summed E-state index contributed by atoms with van der Waals surface area (Å²) >= 11 is 0. The maximum atomic E-state index is 13.4. The molecule has 0 aliphatic carbocycles. The summed E-state index contributed by atoms with van der Waals surface area (Å²) in [7, 11) is 1.90. The molecule has 0 spiro atoms. The third-order valence-corrected chi connectivity index (χ3v) is 3.80. The Balaban J connectivity index is 1.99. The normalized spacial score (nSPS) is 19.0. The lowest BCUT2D eigenvalue weighted by Gasteiger charge is -2.32. The Labute approximate surface area is 117 Å². The fraction of sp³-hybridized carbons (Fsp3) is 0.312. The summed E-state index contributed by atoms with van der Waals surface area (Å²) in [5.74, 6) is 0.880. The Morgan fingerprint density at radius 1 is 1.35 bits per heavy atom. The van der Waals surface area contributed by atoms with Crippen molar-refractivity contribution < 1.29 is 9.13 Å². The second-order valence-electron chi connectivity index (χ2n) is 4.98. The van der Waals surface area contributed by atoms with Crippen LogP contribution in [0.25, 0.3) is 0 Å². The Hall–Kier alpha value is -1.94. The number of para-hydroxylation sites is 1. The molecule has 1 aliphatic rings. The van der Waals surface area contributed by atoms with Crippen LogP contribution in [0.4, 0.5) is 4.39 Å². The maximum Gasteiger partial charge on any atom is 0.141 e. The molecular weight excluding hydrogens is 255 g/mol. The molecule has 0 fully saturated rings. The number of hydrogen-bond acceptors (Lipinski definition) is 3. The summed E-state index contributed by atoms with van der Waals surface area (Å²) in [5, 5.41) is 3.29. The quantitative estimate of drug-likeness (QED) is 0.932. The van der Waals surface area contributed by atoms with E-state index in [9.17, 15) is 4.39 Å². The van der Waals surface area contributed by atoms with Gasteiger partial charge in [-0.25, -0.2) is 4.39 Å². The molecule has 4 heteroatoms. The predicted octanol–water partition coefficient (Wildman–Crippen LogP) is 3.05. The van der Waals surface area contributed by atoms with Gasteiger partial charge in [-0.2, -0.15) is 0 Å².